The van der Waals surface area contributed by atoms with E-state index in [0.717, 1.165) is 28.2 Å². The number of sulfonamides is 1. The van der Waals surface area contributed by atoms with Crippen molar-refractivity contribution in [3.63, 3.8) is 0 Å². The molecule has 0 aliphatic carbocycles. The van der Waals surface area contributed by atoms with Gasteiger partial charge in [-0.25, -0.2) is 23.4 Å². The molecule has 0 amide bonds. The van der Waals surface area contributed by atoms with Gasteiger partial charge in [-0.3, -0.25) is 4.57 Å². The fourth-order valence-corrected chi connectivity index (χ4v) is 5.62. The third kappa shape index (κ3) is 3.55. The quantitative estimate of drug-likeness (QED) is 0.491. The summed E-state index contributed by atoms with van der Waals surface area (Å²) in [6, 6.07) is 14.9. The molecule has 2 aromatic heterocycles. The van der Waals surface area contributed by atoms with Gasteiger partial charge in [-0.05, 0) is 18.4 Å². The van der Waals surface area contributed by atoms with Gasteiger partial charge in [0.2, 0.25) is 10.0 Å². The monoisotopic (exact) mass is 434 g/mol. The molecule has 31 heavy (non-hydrogen) atoms. The van der Waals surface area contributed by atoms with Crippen molar-refractivity contribution >= 4 is 26.6 Å². The second kappa shape index (κ2) is 7.75. The van der Waals surface area contributed by atoms with Gasteiger partial charge in [0.15, 0.2) is 0 Å². The molecule has 0 radical (unpaired) electrons. The van der Waals surface area contributed by atoms with Crippen LogP contribution in [0.5, 0.6) is 0 Å². The van der Waals surface area contributed by atoms with E-state index >= 15 is 0 Å². The summed E-state index contributed by atoms with van der Waals surface area (Å²) in [6.45, 7) is 3.83. The Kier molecular flexibility index (Phi) is 4.91. The Labute approximate surface area is 180 Å². The lowest BCUT2D eigenvalue weighted by molar-refractivity contribution is 0.384. The second-order valence-corrected chi connectivity index (χ2v) is 9.35. The zero-order chi connectivity index (χ0) is 21.4. The largest absolute Gasteiger partial charge is 0.354 e. The van der Waals surface area contributed by atoms with Crippen molar-refractivity contribution < 1.29 is 8.42 Å². The van der Waals surface area contributed by atoms with E-state index in [1.54, 1.807) is 22.6 Å². The van der Waals surface area contributed by atoms with Crippen LogP contribution in [0.3, 0.4) is 0 Å². The lowest BCUT2D eigenvalue weighted by Gasteiger charge is -2.34. The highest BCUT2D eigenvalue weighted by Crippen LogP contribution is 2.27. The highest BCUT2D eigenvalue weighted by atomic mass is 32.2. The zero-order valence-electron chi connectivity index (χ0n) is 17.1. The predicted octanol–water partition coefficient (Wildman–Crippen LogP) is 2.63. The number of fused-ring (bicyclic) bond motifs is 1. The maximum atomic E-state index is 13.4. The Balaban J connectivity index is 1.36. The molecule has 0 bridgehead atoms. The molecule has 1 fully saturated rings. The predicted molar refractivity (Wildman–Crippen MR) is 119 cm³/mol. The van der Waals surface area contributed by atoms with Crippen LogP contribution in [0, 0.1) is 6.92 Å². The van der Waals surface area contributed by atoms with E-state index in [1.165, 1.54) is 6.33 Å². The zero-order valence-corrected chi connectivity index (χ0v) is 17.9. The van der Waals surface area contributed by atoms with Gasteiger partial charge >= 0.3 is 0 Å². The first-order valence-corrected chi connectivity index (χ1v) is 11.5. The number of imidazole rings is 1. The Morgan fingerprint density at radius 2 is 1.61 bits per heavy atom. The summed E-state index contributed by atoms with van der Waals surface area (Å²) in [5, 5.41) is 1.68. The van der Waals surface area contributed by atoms with E-state index in [2.05, 4.69) is 19.9 Å². The van der Waals surface area contributed by atoms with E-state index in [-0.39, 0.29) is 0 Å². The van der Waals surface area contributed by atoms with Crippen molar-refractivity contribution in [3.05, 3.63) is 73.1 Å². The van der Waals surface area contributed by atoms with Gasteiger partial charge in [0.25, 0.3) is 0 Å². The maximum Gasteiger partial charge on any atom is 0.243 e. The van der Waals surface area contributed by atoms with Crippen molar-refractivity contribution in [2.24, 2.45) is 0 Å². The van der Waals surface area contributed by atoms with Gasteiger partial charge in [0, 0.05) is 50.0 Å². The molecule has 5 rings (SSSR count). The molecule has 0 saturated carbocycles. The number of aryl methyl sites for hydroxylation is 1. The molecule has 9 heteroatoms. The first-order chi connectivity index (χ1) is 15.0. The lowest BCUT2D eigenvalue weighted by Crippen LogP contribution is -2.49. The number of hydrogen-bond acceptors (Lipinski definition) is 6. The van der Waals surface area contributed by atoms with Gasteiger partial charge < -0.3 is 4.90 Å². The molecule has 0 spiro atoms. The molecule has 1 saturated heterocycles. The topological polar surface area (TPSA) is 84.2 Å². The molecule has 158 valence electrons. The van der Waals surface area contributed by atoms with Crippen molar-refractivity contribution in [1.82, 2.24) is 23.8 Å². The number of nitrogens with zero attached hydrogens (tertiary/aromatic N) is 6. The smallest absolute Gasteiger partial charge is 0.243 e. The minimum absolute atomic E-state index is 0.360. The van der Waals surface area contributed by atoms with Crippen LogP contribution >= 0.6 is 0 Å². The van der Waals surface area contributed by atoms with E-state index < -0.39 is 10.0 Å². The number of rotatable bonds is 4. The van der Waals surface area contributed by atoms with Crippen LogP contribution in [-0.2, 0) is 10.0 Å². The fourth-order valence-electron chi connectivity index (χ4n) is 3.98. The molecule has 0 N–H and O–H groups in total. The Hall–Kier alpha value is -3.30. The number of hydrogen-bond donors (Lipinski definition) is 0. The summed E-state index contributed by atoms with van der Waals surface area (Å²) >= 11 is 0. The van der Waals surface area contributed by atoms with Crippen LogP contribution in [0.1, 0.15) is 5.82 Å². The van der Waals surface area contributed by atoms with Crippen molar-refractivity contribution in [2.45, 2.75) is 11.8 Å². The maximum absolute atomic E-state index is 13.4. The number of benzene rings is 2. The van der Waals surface area contributed by atoms with E-state index in [0.29, 0.717) is 31.1 Å². The van der Waals surface area contributed by atoms with E-state index in [9.17, 15) is 8.42 Å². The summed E-state index contributed by atoms with van der Waals surface area (Å²) in [7, 11) is -3.58. The van der Waals surface area contributed by atoms with Crippen LogP contribution in [0.2, 0.25) is 0 Å². The van der Waals surface area contributed by atoms with Crippen molar-refractivity contribution in [3.8, 4) is 5.82 Å². The standard InChI is InChI=1S/C22H22N6O2S/c1-17-23-9-10-28(17)22-15-21(24-16-25-22)26-11-13-27(14-12-26)31(29,30)20-8-4-6-18-5-2-3-7-19(18)20/h2-10,15-16H,11-14H2,1H3. The average molecular weight is 435 g/mol. The van der Waals surface area contributed by atoms with Gasteiger partial charge in [0.05, 0.1) is 4.90 Å². The minimum atomic E-state index is -3.58. The van der Waals surface area contributed by atoms with Gasteiger partial charge in [-0.2, -0.15) is 4.31 Å². The Bertz CT molecular complexity index is 1340. The van der Waals surface area contributed by atoms with Crippen LogP contribution in [0.15, 0.2) is 72.1 Å². The fraction of sp³-hybridized carbons (Fsp3) is 0.227. The third-order valence-corrected chi connectivity index (χ3v) is 7.60. The molecule has 1 aliphatic heterocycles. The Morgan fingerprint density at radius 1 is 0.871 bits per heavy atom. The molecule has 0 unspecified atom stereocenters. The third-order valence-electron chi connectivity index (χ3n) is 5.64. The molecule has 1 aliphatic rings. The van der Waals surface area contributed by atoms with E-state index in [1.807, 2.05) is 54.1 Å². The number of piperazine rings is 1. The van der Waals surface area contributed by atoms with Crippen LogP contribution in [0.25, 0.3) is 16.6 Å². The molecule has 3 heterocycles. The van der Waals surface area contributed by atoms with Crippen LogP contribution < -0.4 is 4.90 Å². The molecule has 2 aromatic carbocycles. The lowest BCUT2D eigenvalue weighted by atomic mass is 10.1. The first-order valence-electron chi connectivity index (χ1n) is 10.1. The molecule has 0 atom stereocenters. The summed E-state index contributed by atoms with van der Waals surface area (Å²) in [5.74, 6) is 2.36. The molecule has 8 nitrogen and oxygen atoms in total. The Morgan fingerprint density at radius 3 is 2.39 bits per heavy atom. The van der Waals surface area contributed by atoms with Crippen molar-refractivity contribution in [2.75, 3.05) is 31.1 Å². The minimum Gasteiger partial charge on any atom is -0.354 e. The normalized spacial score (nSPS) is 15.5. The molecule has 4 aromatic rings. The SMILES string of the molecule is Cc1nccn1-c1cc(N2CCN(S(=O)(=O)c3cccc4ccccc34)CC2)ncn1. The summed E-state index contributed by atoms with van der Waals surface area (Å²) in [4.78, 5) is 15.4. The molecular weight excluding hydrogens is 412 g/mol. The summed E-state index contributed by atoms with van der Waals surface area (Å²) < 4.78 is 30.2. The molecular formula is C22H22N6O2S. The number of aromatic nitrogens is 4. The summed E-state index contributed by atoms with van der Waals surface area (Å²) in [5.41, 5.74) is 0. The van der Waals surface area contributed by atoms with Crippen LogP contribution in [-0.4, -0.2) is 58.4 Å². The van der Waals surface area contributed by atoms with Gasteiger partial charge in [-0.1, -0.05) is 36.4 Å². The van der Waals surface area contributed by atoms with Gasteiger partial charge in [0.1, 0.15) is 23.8 Å². The van der Waals surface area contributed by atoms with Crippen molar-refractivity contribution in [1.29, 1.82) is 0 Å². The average Bonchev–Trinajstić information content (AvgIpc) is 3.24. The number of anilines is 1. The van der Waals surface area contributed by atoms with E-state index in [4.69, 9.17) is 0 Å². The van der Waals surface area contributed by atoms with Crippen LogP contribution in [0.4, 0.5) is 5.82 Å². The van der Waals surface area contributed by atoms with Gasteiger partial charge in [-0.15, -0.1) is 0 Å². The highest BCUT2D eigenvalue weighted by Gasteiger charge is 2.30. The highest BCUT2D eigenvalue weighted by molar-refractivity contribution is 7.89. The summed E-state index contributed by atoms with van der Waals surface area (Å²) in [6.07, 6.45) is 5.12. The second-order valence-electron chi connectivity index (χ2n) is 7.45. The first kappa shape index (κ1) is 19.7.